The molecule has 1 aromatic carbocycles. The summed E-state index contributed by atoms with van der Waals surface area (Å²) in [6.45, 7) is 4.63. The predicted octanol–water partition coefficient (Wildman–Crippen LogP) is 1.60. The van der Waals surface area contributed by atoms with Crippen molar-refractivity contribution in [3.63, 3.8) is 0 Å². The lowest BCUT2D eigenvalue weighted by atomic mass is 10.2. The van der Waals surface area contributed by atoms with Gasteiger partial charge in [-0.3, -0.25) is 13.9 Å². The van der Waals surface area contributed by atoms with Gasteiger partial charge in [-0.05, 0) is 18.9 Å². The highest BCUT2D eigenvalue weighted by Gasteiger charge is 2.18. The quantitative estimate of drug-likeness (QED) is 0.557. The lowest BCUT2D eigenvalue weighted by molar-refractivity contribution is 0.679. The first-order valence-corrected chi connectivity index (χ1v) is 8.46. The second-order valence-corrected chi connectivity index (χ2v) is 6.25. The number of aryl methyl sites for hydroxylation is 3. The third-order valence-electron chi connectivity index (χ3n) is 4.25. The molecular weight excluding hydrogens is 332 g/mol. The molecule has 3 aromatic rings. The highest BCUT2D eigenvalue weighted by Crippen LogP contribution is 2.16. The molecule has 136 valence electrons. The summed E-state index contributed by atoms with van der Waals surface area (Å²) in [4.78, 5) is 29.1. The molecule has 0 aliphatic carbocycles. The summed E-state index contributed by atoms with van der Waals surface area (Å²) < 4.78 is 4.23. The average Bonchev–Trinajstić information content (AvgIpc) is 2.99. The van der Waals surface area contributed by atoms with E-state index in [0.29, 0.717) is 23.7 Å². The van der Waals surface area contributed by atoms with Crippen LogP contribution < -0.4 is 16.7 Å². The van der Waals surface area contributed by atoms with Crippen LogP contribution in [0.5, 0.6) is 0 Å². The first-order valence-electron chi connectivity index (χ1n) is 8.46. The van der Waals surface area contributed by atoms with E-state index in [1.807, 2.05) is 38.1 Å². The molecule has 2 aromatic heterocycles. The molecule has 3 rings (SSSR count). The van der Waals surface area contributed by atoms with Crippen molar-refractivity contribution in [3.05, 3.63) is 56.2 Å². The molecule has 0 saturated carbocycles. The monoisotopic (exact) mass is 354 g/mol. The van der Waals surface area contributed by atoms with Gasteiger partial charge in [-0.1, -0.05) is 36.8 Å². The molecule has 2 heterocycles. The number of nitrogens with zero attached hydrogens (tertiary/aromatic N) is 5. The van der Waals surface area contributed by atoms with Crippen LogP contribution in [-0.4, -0.2) is 24.9 Å². The molecule has 0 unspecified atom stereocenters. The van der Waals surface area contributed by atoms with E-state index >= 15 is 0 Å². The van der Waals surface area contributed by atoms with Crippen molar-refractivity contribution >= 4 is 23.3 Å². The van der Waals surface area contributed by atoms with Crippen LogP contribution in [0.1, 0.15) is 24.5 Å². The second kappa shape index (κ2) is 6.99. The Morgan fingerprint density at radius 1 is 1.15 bits per heavy atom. The van der Waals surface area contributed by atoms with Gasteiger partial charge in [0.1, 0.15) is 0 Å². The number of hydrazone groups is 1. The summed E-state index contributed by atoms with van der Waals surface area (Å²) in [5.41, 5.74) is 5.00. The van der Waals surface area contributed by atoms with E-state index in [1.54, 1.807) is 17.8 Å². The number of benzene rings is 1. The highest BCUT2D eigenvalue weighted by molar-refractivity contribution is 5.80. The summed E-state index contributed by atoms with van der Waals surface area (Å²) in [6, 6.07) is 7.95. The van der Waals surface area contributed by atoms with E-state index in [4.69, 9.17) is 0 Å². The van der Waals surface area contributed by atoms with Gasteiger partial charge in [0.25, 0.3) is 5.56 Å². The van der Waals surface area contributed by atoms with Gasteiger partial charge in [0.15, 0.2) is 11.2 Å². The zero-order valence-electron chi connectivity index (χ0n) is 15.4. The van der Waals surface area contributed by atoms with Crippen molar-refractivity contribution in [1.82, 2.24) is 18.7 Å². The SMILES string of the molecule is CCCn1c(N/N=C/c2ccc(C)cc2)nc2c1c(=O)n(C)c(=O)n2C. The minimum atomic E-state index is -0.404. The Kier molecular flexibility index (Phi) is 4.75. The largest absolute Gasteiger partial charge is 0.332 e. The van der Waals surface area contributed by atoms with Crippen LogP contribution in [0.3, 0.4) is 0 Å². The number of hydrogen-bond acceptors (Lipinski definition) is 5. The van der Waals surface area contributed by atoms with Crippen LogP contribution in [0, 0.1) is 6.92 Å². The van der Waals surface area contributed by atoms with E-state index in [2.05, 4.69) is 15.5 Å². The van der Waals surface area contributed by atoms with E-state index in [9.17, 15) is 9.59 Å². The first-order chi connectivity index (χ1) is 12.4. The maximum Gasteiger partial charge on any atom is 0.332 e. The highest BCUT2D eigenvalue weighted by atomic mass is 16.2. The zero-order chi connectivity index (χ0) is 18.8. The van der Waals surface area contributed by atoms with Crippen molar-refractivity contribution in [1.29, 1.82) is 0 Å². The van der Waals surface area contributed by atoms with Crippen LogP contribution in [0.4, 0.5) is 5.95 Å². The molecule has 0 atom stereocenters. The lowest BCUT2D eigenvalue weighted by Gasteiger charge is -2.07. The van der Waals surface area contributed by atoms with E-state index in [0.717, 1.165) is 16.6 Å². The summed E-state index contributed by atoms with van der Waals surface area (Å²) >= 11 is 0. The fraction of sp³-hybridized carbons (Fsp3) is 0.333. The van der Waals surface area contributed by atoms with Gasteiger partial charge in [-0.25, -0.2) is 10.2 Å². The molecule has 0 fully saturated rings. The molecular formula is C18H22N6O2. The van der Waals surface area contributed by atoms with E-state index in [-0.39, 0.29) is 5.56 Å². The average molecular weight is 354 g/mol. The standard InChI is InChI=1S/C18H22N6O2/c1-5-10-24-14-15(22(3)18(26)23(4)16(14)25)20-17(24)21-19-11-13-8-6-12(2)7-9-13/h6-9,11H,5,10H2,1-4H3,(H,20,21)/b19-11+. The van der Waals surface area contributed by atoms with Gasteiger partial charge in [-0.2, -0.15) is 10.1 Å². The summed E-state index contributed by atoms with van der Waals surface area (Å²) in [7, 11) is 3.07. The Bertz CT molecular complexity index is 1090. The van der Waals surface area contributed by atoms with Crippen molar-refractivity contribution in [2.45, 2.75) is 26.8 Å². The van der Waals surface area contributed by atoms with Crippen molar-refractivity contribution in [2.75, 3.05) is 5.43 Å². The Labute approximate surface area is 150 Å². The summed E-state index contributed by atoms with van der Waals surface area (Å²) in [6.07, 6.45) is 2.50. The molecule has 26 heavy (non-hydrogen) atoms. The minimum Gasteiger partial charge on any atom is -0.303 e. The maximum absolute atomic E-state index is 12.6. The van der Waals surface area contributed by atoms with Gasteiger partial charge in [-0.15, -0.1) is 0 Å². The van der Waals surface area contributed by atoms with Crippen LogP contribution in [0.25, 0.3) is 11.2 Å². The Balaban J connectivity index is 2.05. The molecule has 1 N–H and O–H groups in total. The van der Waals surface area contributed by atoms with Crippen LogP contribution >= 0.6 is 0 Å². The van der Waals surface area contributed by atoms with Gasteiger partial charge in [0, 0.05) is 20.6 Å². The minimum absolute atomic E-state index is 0.347. The Morgan fingerprint density at radius 3 is 2.50 bits per heavy atom. The third kappa shape index (κ3) is 3.05. The second-order valence-electron chi connectivity index (χ2n) is 6.25. The smallest absolute Gasteiger partial charge is 0.303 e. The van der Waals surface area contributed by atoms with Crippen molar-refractivity contribution in [2.24, 2.45) is 19.2 Å². The number of hydrogen-bond donors (Lipinski definition) is 1. The number of imidazole rings is 1. The fourth-order valence-corrected chi connectivity index (χ4v) is 2.79. The molecule has 0 radical (unpaired) electrons. The number of rotatable bonds is 5. The number of fused-ring (bicyclic) bond motifs is 1. The first kappa shape index (κ1) is 17.7. The molecule has 0 amide bonds. The van der Waals surface area contributed by atoms with E-state index in [1.165, 1.54) is 17.2 Å². The maximum atomic E-state index is 12.6. The zero-order valence-corrected chi connectivity index (χ0v) is 15.4. The van der Waals surface area contributed by atoms with Gasteiger partial charge in [0.2, 0.25) is 5.95 Å². The molecule has 0 spiro atoms. The number of nitrogens with one attached hydrogen (secondary N) is 1. The van der Waals surface area contributed by atoms with Crippen LogP contribution in [0.2, 0.25) is 0 Å². The molecule has 0 aliphatic heterocycles. The summed E-state index contributed by atoms with van der Waals surface area (Å²) in [5.74, 6) is 0.434. The predicted molar refractivity (Wildman–Crippen MR) is 103 cm³/mol. The molecule has 0 aliphatic rings. The third-order valence-corrected chi connectivity index (χ3v) is 4.25. The summed E-state index contributed by atoms with van der Waals surface area (Å²) in [5, 5.41) is 4.23. The molecule has 8 heteroatoms. The van der Waals surface area contributed by atoms with Crippen LogP contribution in [0.15, 0.2) is 39.0 Å². The van der Waals surface area contributed by atoms with Crippen molar-refractivity contribution in [3.8, 4) is 0 Å². The molecule has 0 saturated heterocycles. The Hall–Kier alpha value is -3.16. The lowest BCUT2D eigenvalue weighted by Crippen LogP contribution is -2.37. The van der Waals surface area contributed by atoms with E-state index < -0.39 is 5.69 Å². The van der Waals surface area contributed by atoms with Gasteiger partial charge < -0.3 is 4.57 Å². The van der Waals surface area contributed by atoms with Crippen LogP contribution in [-0.2, 0) is 20.6 Å². The van der Waals surface area contributed by atoms with Gasteiger partial charge >= 0.3 is 5.69 Å². The molecule has 8 nitrogen and oxygen atoms in total. The van der Waals surface area contributed by atoms with Crippen molar-refractivity contribution < 1.29 is 0 Å². The fourth-order valence-electron chi connectivity index (χ4n) is 2.79. The van der Waals surface area contributed by atoms with Gasteiger partial charge in [0.05, 0.1) is 6.21 Å². The topological polar surface area (TPSA) is 86.2 Å². The number of anilines is 1. The Morgan fingerprint density at radius 2 is 1.85 bits per heavy atom. The molecule has 0 bridgehead atoms. The number of aromatic nitrogens is 4. The normalized spacial score (nSPS) is 11.5.